The van der Waals surface area contributed by atoms with E-state index in [1.165, 1.54) is 25.7 Å². The highest BCUT2D eigenvalue weighted by Crippen LogP contribution is 2.25. The maximum atomic E-state index is 12.6. The van der Waals surface area contributed by atoms with Gasteiger partial charge in [-0.1, -0.05) is 132 Å². The summed E-state index contributed by atoms with van der Waals surface area (Å²) in [5.41, 5.74) is 5.67. The molecule has 0 aliphatic rings. The molecule has 0 aliphatic carbocycles. The van der Waals surface area contributed by atoms with Gasteiger partial charge < -0.3 is 18.9 Å². The molecule has 1 unspecified atom stereocenters. The van der Waals surface area contributed by atoms with Gasteiger partial charge in [-0.25, -0.2) is 0 Å². The minimum Gasteiger partial charge on any atom is -0.494 e. The summed E-state index contributed by atoms with van der Waals surface area (Å²) in [5.74, 6) is 1.29. The number of benzene rings is 4. The highest BCUT2D eigenvalue weighted by Gasteiger charge is 2.16. The van der Waals surface area contributed by atoms with E-state index < -0.39 is 6.10 Å². The van der Waals surface area contributed by atoms with Gasteiger partial charge in [0.05, 0.1) is 36.5 Å². The van der Waals surface area contributed by atoms with Crippen molar-refractivity contribution in [2.24, 2.45) is 0 Å². The van der Waals surface area contributed by atoms with Crippen LogP contribution >= 0.6 is 0 Å². The molecular formula is C54H66N2O6. The van der Waals surface area contributed by atoms with Crippen molar-refractivity contribution in [3.63, 3.8) is 0 Å². The quantitative estimate of drug-likeness (QED) is 0.0271. The van der Waals surface area contributed by atoms with Crippen LogP contribution in [0.25, 0.3) is 22.3 Å². The normalized spacial score (nSPS) is 11.2. The molecule has 4 aromatic rings. The van der Waals surface area contributed by atoms with Gasteiger partial charge >= 0.3 is 11.9 Å². The fraction of sp³-hybridized carbons (Fsp3) is 0.444. The van der Waals surface area contributed by atoms with E-state index in [9.17, 15) is 9.59 Å². The topological polar surface area (TPSA) is 119 Å². The molecule has 4 rings (SSSR count). The molecule has 0 heterocycles. The van der Waals surface area contributed by atoms with Crippen molar-refractivity contribution in [3.8, 4) is 45.9 Å². The van der Waals surface area contributed by atoms with E-state index in [1.54, 1.807) is 6.08 Å². The molecule has 0 saturated heterocycles. The number of allylic oxidation sites excluding steroid dienone is 1. The second kappa shape index (κ2) is 30.2. The zero-order chi connectivity index (χ0) is 43.9. The lowest BCUT2D eigenvalue weighted by molar-refractivity contribution is -0.159. The van der Waals surface area contributed by atoms with Gasteiger partial charge in [0.25, 0.3) is 0 Å². The van der Waals surface area contributed by atoms with Crippen LogP contribution < -0.4 is 9.47 Å². The second-order valence-electron chi connectivity index (χ2n) is 15.9. The highest BCUT2D eigenvalue weighted by molar-refractivity contribution is 5.70. The number of unbranched alkanes of at least 4 members (excludes halogenated alkanes) is 14. The Morgan fingerprint density at radius 3 is 1.24 bits per heavy atom. The van der Waals surface area contributed by atoms with Gasteiger partial charge in [-0.2, -0.15) is 10.5 Å². The SMILES string of the molecule is C=CCCC(COC(=O)CCCCCCCCCCOc1ccc(-c2ccc(C#N)cc2)cc1)OC(=O)CCCCCCCCCCOc1ccc(-c2ccc(C#N)cc2)cc1. The van der Waals surface area contributed by atoms with Gasteiger partial charge in [0.2, 0.25) is 0 Å². The monoisotopic (exact) mass is 838 g/mol. The van der Waals surface area contributed by atoms with Crippen LogP contribution in [0.1, 0.15) is 140 Å². The fourth-order valence-electron chi connectivity index (χ4n) is 7.19. The molecular weight excluding hydrogens is 773 g/mol. The number of hydrogen-bond donors (Lipinski definition) is 0. The molecule has 0 radical (unpaired) electrons. The first-order valence-corrected chi connectivity index (χ1v) is 22.9. The van der Waals surface area contributed by atoms with Crippen molar-refractivity contribution in [1.82, 2.24) is 0 Å². The van der Waals surface area contributed by atoms with Crippen molar-refractivity contribution >= 4 is 11.9 Å². The van der Waals surface area contributed by atoms with Crippen molar-refractivity contribution < 1.29 is 28.5 Å². The number of rotatable bonds is 32. The van der Waals surface area contributed by atoms with Crippen molar-refractivity contribution in [2.45, 2.75) is 135 Å². The summed E-state index contributed by atoms with van der Waals surface area (Å²) >= 11 is 0. The molecule has 62 heavy (non-hydrogen) atoms. The molecule has 0 aromatic heterocycles. The van der Waals surface area contributed by atoms with E-state index in [1.807, 2.05) is 97.1 Å². The number of ether oxygens (including phenoxy) is 4. The standard InChI is InChI=1S/C54H66N2O6/c1-2-3-20-52(62-54(58)22-17-13-9-5-7-11-15-19-40-60-51-37-33-49(34-38-51)47-29-25-45(42-56)26-30-47)43-61-53(57)21-16-12-8-4-6-10-14-18-39-59-50-35-31-48(32-36-50)46-27-23-44(41-55)24-28-46/h2,23-38,52H,1,3-22,39-40,43H2. The van der Waals surface area contributed by atoms with Gasteiger partial charge in [0.15, 0.2) is 0 Å². The van der Waals surface area contributed by atoms with Crippen molar-refractivity contribution in [3.05, 3.63) is 121 Å². The van der Waals surface area contributed by atoms with Crippen LogP contribution in [0.4, 0.5) is 0 Å². The van der Waals surface area contributed by atoms with Crippen LogP contribution in [-0.4, -0.2) is 37.9 Å². The Hall–Kier alpha value is -5.86. The van der Waals surface area contributed by atoms with Gasteiger partial charge in [-0.15, -0.1) is 6.58 Å². The highest BCUT2D eigenvalue weighted by atomic mass is 16.6. The first kappa shape index (κ1) is 48.8. The lowest BCUT2D eigenvalue weighted by Gasteiger charge is -2.17. The van der Waals surface area contributed by atoms with Crippen molar-refractivity contribution in [2.75, 3.05) is 19.8 Å². The number of esters is 2. The largest absolute Gasteiger partial charge is 0.494 e. The second-order valence-corrected chi connectivity index (χ2v) is 15.9. The molecule has 0 fully saturated rings. The summed E-state index contributed by atoms with van der Waals surface area (Å²) in [7, 11) is 0. The smallest absolute Gasteiger partial charge is 0.306 e. The molecule has 1 atom stereocenters. The number of hydrogen-bond acceptors (Lipinski definition) is 8. The summed E-state index contributed by atoms with van der Waals surface area (Å²) in [4.78, 5) is 25.0. The summed E-state index contributed by atoms with van der Waals surface area (Å²) in [6, 6.07) is 35.6. The Kier molecular flexibility index (Phi) is 23.8. The Balaban J connectivity index is 0.919. The Bertz CT molecular complexity index is 1940. The zero-order valence-corrected chi connectivity index (χ0v) is 36.7. The van der Waals surface area contributed by atoms with E-state index in [-0.39, 0.29) is 18.5 Å². The van der Waals surface area contributed by atoms with Crippen LogP contribution in [0.5, 0.6) is 11.5 Å². The maximum Gasteiger partial charge on any atom is 0.306 e. The maximum absolute atomic E-state index is 12.6. The third-order valence-electron chi connectivity index (χ3n) is 10.9. The van der Waals surface area contributed by atoms with Crippen LogP contribution in [0, 0.1) is 22.7 Å². The minimum absolute atomic E-state index is 0.100. The molecule has 0 N–H and O–H groups in total. The summed E-state index contributed by atoms with van der Waals surface area (Å²) in [6.07, 6.45) is 20.6. The predicted molar refractivity (Wildman–Crippen MR) is 248 cm³/mol. The fourth-order valence-corrected chi connectivity index (χ4v) is 7.19. The summed E-state index contributed by atoms with van der Waals surface area (Å²) in [5, 5.41) is 18.0. The predicted octanol–water partition coefficient (Wildman–Crippen LogP) is 13.7. The van der Waals surface area contributed by atoms with E-state index in [2.05, 4.69) is 18.7 Å². The van der Waals surface area contributed by atoms with Crippen LogP contribution in [-0.2, 0) is 19.1 Å². The number of nitrogens with zero attached hydrogens (tertiary/aromatic N) is 2. The van der Waals surface area contributed by atoms with Crippen LogP contribution in [0.3, 0.4) is 0 Å². The molecule has 8 nitrogen and oxygen atoms in total. The third-order valence-corrected chi connectivity index (χ3v) is 10.9. The molecule has 0 saturated carbocycles. The first-order chi connectivity index (χ1) is 30.5. The average Bonchev–Trinajstić information content (AvgIpc) is 3.31. The third kappa shape index (κ3) is 20.1. The van der Waals surface area contributed by atoms with E-state index in [0.29, 0.717) is 50.0 Å². The lowest BCUT2D eigenvalue weighted by atomic mass is 10.0. The van der Waals surface area contributed by atoms with Gasteiger partial charge in [-0.05, 0) is 109 Å². The van der Waals surface area contributed by atoms with Gasteiger partial charge in [-0.3, -0.25) is 9.59 Å². The zero-order valence-electron chi connectivity index (χ0n) is 36.7. The molecule has 328 valence electrons. The minimum atomic E-state index is -0.437. The number of carbonyl (C=O) groups is 2. The average molecular weight is 839 g/mol. The molecule has 8 heteroatoms. The van der Waals surface area contributed by atoms with E-state index >= 15 is 0 Å². The molecule has 0 spiro atoms. The van der Waals surface area contributed by atoms with Crippen LogP contribution in [0.2, 0.25) is 0 Å². The Morgan fingerprint density at radius 1 is 0.500 bits per heavy atom. The lowest BCUT2D eigenvalue weighted by Crippen LogP contribution is -2.25. The summed E-state index contributed by atoms with van der Waals surface area (Å²) < 4.78 is 23.1. The number of carbonyl (C=O) groups excluding carboxylic acids is 2. The molecule has 0 bridgehead atoms. The Morgan fingerprint density at radius 2 is 0.855 bits per heavy atom. The number of nitriles is 2. The molecule has 4 aromatic carbocycles. The van der Waals surface area contributed by atoms with Crippen LogP contribution in [0.15, 0.2) is 110 Å². The van der Waals surface area contributed by atoms with Crippen molar-refractivity contribution in [1.29, 1.82) is 10.5 Å². The Labute approximate surface area is 370 Å². The van der Waals surface area contributed by atoms with Gasteiger partial charge in [0, 0.05) is 12.8 Å². The summed E-state index contributed by atoms with van der Waals surface area (Å²) in [6.45, 7) is 5.29. The first-order valence-electron chi connectivity index (χ1n) is 22.9. The molecule has 0 amide bonds. The van der Waals surface area contributed by atoms with E-state index in [0.717, 1.165) is 111 Å². The van der Waals surface area contributed by atoms with E-state index in [4.69, 9.17) is 29.5 Å². The molecule has 0 aliphatic heterocycles. The van der Waals surface area contributed by atoms with Gasteiger partial charge in [0.1, 0.15) is 24.2 Å².